The van der Waals surface area contributed by atoms with E-state index in [9.17, 15) is 9.59 Å². The van der Waals surface area contributed by atoms with E-state index in [0.29, 0.717) is 10.8 Å². The average molecular weight is 266 g/mol. The number of aromatic carboxylic acids is 1. The summed E-state index contributed by atoms with van der Waals surface area (Å²) in [6.07, 6.45) is 1.60. The first kappa shape index (κ1) is 13.0. The van der Waals surface area contributed by atoms with Crippen LogP contribution in [-0.4, -0.2) is 29.4 Å². The summed E-state index contributed by atoms with van der Waals surface area (Å²) in [5, 5.41) is 9.26. The van der Waals surface area contributed by atoms with E-state index in [1.807, 2.05) is 6.07 Å². The Morgan fingerprint density at radius 2 is 2.11 bits per heavy atom. The molecule has 5 heteroatoms. The van der Waals surface area contributed by atoms with Gasteiger partial charge >= 0.3 is 11.9 Å². The molecule has 96 valence electrons. The van der Waals surface area contributed by atoms with E-state index in [-0.39, 0.29) is 11.9 Å². The maximum atomic E-state index is 11.2. The van der Waals surface area contributed by atoms with Crippen molar-refractivity contribution in [3.63, 3.8) is 0 Å². The summed E-state index contributed by atoms with van der Waals surface area (Å²) in [4.78, 5) is 23.0. The summed E-state index contributed by atoms with van der Waals surface area (Å²) in [6.45, 7) is 0. The molecular formula is C13H14O4S. The average Bonchev–Trinajstić information content (AvgIpc) is 2.32. The number of carboxylic acid groups (broad SMARTS) is 1. The van der Waals surface area contributed by atoms with Crippen LogP contribution in [0.2, 0.25) is 0 Å². The molecule has 1 N–H and O–H groups in total. The smallest absolute Gasteiger partial charge is 0.335 e. The maximum absolute atomic E-state index is 11.2. The van der Waals surface area contributed by atoms with Crippen molar-refractivity contribution in [3.05, 3.63) is 29.8 Å². The third-order valence-corrected chi connectivity index (χ3v) is 4.26. The van der Waals surface area contributed by atoms with Crippen molar-refractivity contribution in [3.8, 4) is 0 Å². The summed E-state index contributed by atoms with van der Waals surface area (Å²) < 4.78 is 4.68. The molecule has 1 saturated carbocycles. The Balaban J connectivity index is 1.90. The predicted molar refractivity (Wildman–Crippen MR) is 67.8 cm³/mol. The number of hydrogen-bond donors (Lipinski definition) is 1. The molecule has 0 amide bonds. The van der Waals surface area contributed by atoms with E-state index in [2.05, 4.69) is 4.74 Å². The normalized spacial score (nSPS) is 22.1. The van der Waals surface area contributed by atoms with Crippen LogP contribution in [0.4, 0.5) is 0 Å². The second-order valence-electron chi connectivity index (χ2n) is 4.26. The molecule has 0 atom stereocenters. The summed E-state index contributed by atoms with van der Waals surface area (Å²) in [6, 6.07) is 6.87. The Bertz CT molecular complexity index is 466. The van der Waals surface area contributed by atoms with Crippen LogP contribution in [0.25, 0.3) is 0 Å². The molecule has 0 unspecified atom stereocenters. The van der Waals surface area contributed by atoms with Gasteiger partial charge in [-0.3, -0.25) is 4.79 Å². The van der Waals surface area contributed by atoms with Gasteiger partial charge in [0, 0.05) is 10.1 Å². The highest BCUT2D eigenvalue weighted by atomic mass is 32.2. The Morgan fingerprint density at radius 3 is 2.72 bits per heavy atom. The van der Waals surface area contributed by atoms with Gasteiger partial charge < -0.3 is 9.84 Å². The van der Waals surface area contributed by atoms with Crippen LogP contribution in [0.1, 0.15) is 23.2 Å². The highest BCUT2D eigenvalue weighted by Gasteiger charge is 2.35. The Kier molecular flexibility index (Phi) is 3.91. The lowest BCUT2D eigenvalue weighted by Crippen LogP contribution is -2.33. The highest BCUT2D eigenvalue weighted by Crippen LogP contribution is 2.41. The maximum Gasteiger partial charge on any atom is 0.335 e. The standard InChI is InChI=1S/C13H14O4S/c1-17-13(16)9-6-11(7-9)18-10-4-2-3-8(5-10)12(14)15/h2-5,9,11H,6-7H2,1H3,(H,14,15). The molecule has 0 aromatic heterocycles. The van der Waals surface area contributed by atoms with E-state index in [1.54, 1.807) is 30.0 Å². The van der Waals surface area contributed by atoms with Gasteiger partial charge in [0.1, 0.15) is 0 Å². The largest absolute Gasteiger partial charge is 0.478 e. The van der Waals surface area contributed by atoms with Crippen LogP contribution in [0, 0.1) is 5.92 Å². The molecular weight excluding hydrogens is 252 g/mol. The van der Waals surface area contributed by atoms with Crippen molar-refractivity contribution in [2.45, 2.75) is 23.0 Å². The molecule has 2 rings (SSSR count). The molecule has 1 aromatic carbocycles. The molecule has 0 heterocycles. The zero-order chi connectivity index (χ0) is 13.1. The number of rotatable bonds is 4. The monoisotopic (exact) mass is 266 g/mol. The lowest BCUT2D eigenvalue weighted by atomic mass is 9.85. The van der Waals surface area contributed by atoms with Crippen molar-refractivity contribution in [2.75, 3.05) is 7.11 Å². The number of carbonyl (C=O) groups excluding carboxylic acids is 1. The quantitative estimate of drug-likeness (QED) is 0.848. The highest BCUT2D eigenvalue weighted by molar-refractivity contribution is 8.00. The molecule has 0 saturated heterocycles. The van der Waals surface area contributed by atoms with E-state index in [0.717, 1.165) is 17.7 Å². The van der Waals surface area contributed by atoms with Gasteiger partial charge in [0.05, 0.1) is 18.6 Å². The first-order valence-corrected chi connectivity index (χ1v) is 6.56. The second-order valence-corrected chi connectivity index (χ2v) is 5.64. The predicted octanol–water partition coefficient (Wildman–Crippen LogP) is 2.43. The third-order valence-electron chi connectivity index (χ3n) is 3.01. The molecule has 1 aliphatic rings. The number of thioether (sulfide) groups is 1. The van der Waals surface area contributed by atoms with E-state index in [1.165, 1.54) is 7.11 Å². The number of hydrogen-bond acceptors (Lipinski definition) is 4. The van der Waals surface area contributed by atoms with Gasteiger partial charge in [0.25, 0.3) is 0 Å². The Labute approximate surface area is 109 Å². The number of carboxylic acids is 1. The molecule has 1 aliphatic carbocycles. The van der Waals surface area contributed by atoms with Gasteiger partial charge in [-0.1, -0.05) is 6.07 Å². The van der Waals surface area contributed by atoms with E-state index < -0.39 is 5.97 Å². The first-order valence-electron chi connectivity index (χ1n) is 5.68. The van der Waals surface area contributed by atoms with Crippen LogP contribution in [-0.2, 0) is 9.53 Å². The van der Waals surface area contributed by atoms with Crippen molar-refractivity contribution < 1.29 is 19.4 Å². The molecule has 1 fully saturated rings. The lowest BCUT2D eigenvalue weighted by molar-refractivity contribution is -0.148. The molecule has 0 aliphatic heterocycles. The van der Waals surface area contributed by atoms with Gasteiger partial charge in [0.2, 0.25) is 0 Å². The summed E-state index contributed by atoms with van der Waals surface area (Å²) in [5.74, 6) is -1.06. The van der Waals surface area contributed by atoms with Crippen molar-refractivity contribution in [1.29, 1.82) is 0 Å². The van der Waals surface area contributed by atoms with Crippen LogP contribution in [0.3, 0.4) is 0 Å². The van der Waals surface area contributed by atoms with E-state index >= 15 is 0 Å². The number of carbonyl (C=O) groups is 2. The van der Waals surface area contributed by atoms with Gasteiger partial charge in [-0.25, -0.2) is 4.79 Å². The minimum Gasteiger partial charge on any atom is -0.478 e. The van der Waals surface area contributed by atoms with Crippen molar-refractivity contribution in [1.82, 2.24) is 0 Å². The Morgan fingerprint density at radius 1 is 1.39 bits per heavy atom. The lowest BCUT2D eigenvalue weighted by Gasteiger charge is -2.32. The van der Waals surface area contributed by atoms with Gasteiger partial charge in [-0.2, -0.15) is 0 Å². The SMILES string of the molecule is COC(=O)C1CC(Sc2cccc(C(=O)O)c2)C1. The number of ether oxygens (including phenoxy) is 1. The van der Waals surface area contributed by atoms with Gasteiger partial charge in [-0.05, 0) is 31.0 Å². The van der Waals surface area contributed by atoms with Crippen LogP contribution in [0.5, 0.6) is 0 Å². The molecule has 18 heavy (non-hydrogen) atoms. The first-order chi connectivity index (χ1) is 8.60. The summed E-state index contributed by atoms with van der Waals surface area (Å²) >= 11 is 1.62. The second kappa shape index (κ2) is 5.44. The minimum absolute atomic E-state index is 0.00940. The number of methoxy groups -OCH3 is 1. The zero-order valence-electron chi connectivity index (χ0n) is 9.96. The number of benzene rings is 1. The summed E-state index contributed by atoms with van der Waals surface area (Å²) in [7, 11) is 1.40. The van der Waals surface area contributed by atoms with Crippen LogP contribution >= 0.6 is 11.8 Å². The van der Waals surface area contributed by atoms with Crippen molar-refractivity contribution in [2.24, 2.45) is 5.92 Å². The minimum atomic E-state index is -0.918. The molecule has 0 radical (unpaired) electrons. The molecule has 0 spiro atoms. The topological polar surface area (TPSA) is 63.6 Å². The van der Waals surface area contributed by atoms with Crippen LogP contribution < -0.4 is 0 Å². The zero-order valence-corrected chi connectivity index (χ0v) is 10.8. The van der Waals surface area contributed by atoms with E-state index in [4.69, 9.17) is 5.11 Å². The number of esters is 1. The fourth-order valence-electron chi connectivity index (χ4n) is 1.92. The molecule has 1 aromatic rings. The van der Waals surface area contributed by atoms with Gasteiger partial charge in [0.15, 0.2) is 0 Å². The van der Waals surface area contributed by atoms with Gasteiger partial charge in [-0.15, -0.1) is 11.8 Å². The Hall–Kier alpha value is -1.49. The van der Waals surface area contributed by atoms with Crippen molar-refractivity contribution >= 4 is 23.7 Å². The third kappa shape index (κ3) is 2.85. The fourth-order valence-corrected chi connectivity index (χ4v) is 3.31. The van der Waals surface area contributed by atoms with Crippen LogP contribution in [0.15, 0.2) is 29.2 Å². The molecule has 0 bridgehead atoms. The molecule has 4 nitrogen and oxygen atoms in total. The fraction of sp³-hybridized carbons (Fsp3) is 0.385. The summed E-state index contributed by atoms with van der Waals surface area (Å²) in [5.41, 5.74) is 0.295.